The fourth-order valence-corrected chi connectivity index (χ4v) is 4.85. The van der Waals surface area contributed by atoms with Crippen molar-refractivity contribution in [2.45, 2.75) is 6.92 Å². The molecular formula is C30H30ClN9. The lowest BCUT2D eigenvalue weighted by Gasteiger charge is -2.34. The number of piperazine rings is 1. The molecule has 202 valence electrons. The Morgan fingerprint density at radius 2 is 1.38 bits per heavy atom. The summed E-state index contributed by atoms with van der Waals surface area (Å²) in [5.74, 6) is 1.65. The molecule has 1 saturated heterocycles. The van der Waals surface area contributed by atoms with Crippen molar-refractivity contribution in [2.24, 2.45) is 0 Å². The van der Waals surface area contributed by atoms with E-state index in [1.165, 1.54) is 0 Å². The van der Waals surface area contributed by atoms with E-state index >= 15 is 0 Å². The fraction of sp³-hybridized carbons (Fsp3) is 0.200. The lowest BCUT2D eigenvalue weighted by atomic mass is 10.2. The summed E-state index contributed by atoms with van der Waals surface area (Å²) in [5, 5.41) is 11.8. The van der Waals surface area contributed by atoms with Gasteiger partial charge in [0.1, 0.15) is 0 Å². The van der Waals surface area contributed by atoms with Gasteiger partial charge < -0.3 is 25.8 Å². The number of benzene rings is 3. The molecule has 6 rings (SSSR count). The summed E-state index contributed by atoms with van der Waals surface area (Å²) >= 11 is 6.14. The van der Waals surface area contributed by atoms with Crippen LogP contribution in [-0.2, 0) is 0 Å². The first-order chi connectivity index (χ1) is 19.6. The number of hydrogen-bond acceptors (Lipinski definition) is 9. The maximum atomic E-state index is 6.14. The third-order valence-corrected chi connectivity index (χ3v) is 7.12. The number of nitrogens with one attached hydrogen (secondary N) is 3. The SMILES string of the molecule is CCN1CCN(c2nc(Nc3ccccc3)nc(Nc3ccc(Nc4ccnc5cc(Cl)ccc45)cc3)n2)CC1. The first kappa shape index (κ1) is 25.8. The topological polar surface area (TPSA) is 94.1 Å². The fourth-order valence-electron chi connectivity index (χ4n) is 4.68. The molecule has 2 aromatic heterocycles. The molecule has 3 heterocycles. The van der Waals surface area contributed by atoms with Gasteiger partial charge in [-0.2, -0.15) is 15.0 Å². The van der Waals surface area contributed by atoms with Crippen LogP contribution in [0.15, 0.2) is 85.1 Å². The van der Waals surface area contributed by atoms with Crippen LogP contribution in [0.1, 0.15) is 6.92 Å². The van der Waals surface area contributed by atoms with Gasteiger partial charge in [0.2, 0.25) is 17.8 Å². The van der Waals surface area contributed by atoms with Gasteiger partial charge in [0.15, 0.2) is 0 Å². The maximum absolute atomic E-state index is 6.14. The first-order valence-electron chi connectivity index (χ1n) is 13.4. The number of likely N-dealkylation sites (N-methyl/N-ethyl adjacent to an activating group) is 1. The Bertz CT molecular complexity index is 1590. The molecule has 1 fully saturated rings. The number of para-hydroxylation sites is 1. The molecule has 1 aliphatic heterocycles. The molecular weight excluding hydrogens is 522 g/mol. The average molecular weight is 552 g/mol. The third-order valence-electron chi connectivity index (χ3n) is 6.88. The third kappa shape index (κ3) is 6.06. The van der Waals surface area contributed by atoms with Crippen molar-refractivity contribution in [1.82, 2.24) is 24.8 Å². The highest BCUT2D eigenvalue weighted by atomic mass is 35.5. The minimum atomic E-state index is 0.485. The van der Waals surface area contributed by atoms with Crippen LogP contribution >= 0.6 is 11.6 Å². The second kappa shape index (κ2) is 11.7. The van der Waals surface area contributed by atoms with Crippen LogP contribution in [0, 0.1) is 0 Å². The molecule has 0 atom stereocenters. The molecule has 0 spiro atoms. The van der Waals surface area contributed by atoms with Gasteiger partial charge in [-0.05, 0) is 67.2 Å². The predicted molar refractivity (Wildman–Crippen MR) is 164 cm³/mol. The highest BCUT2D eigenvalue weighted by Crippen LogP contribution is 2.28. The zero-order valence-corrected chi connectivity index (χ0v) is 22.9. The minimum Gasteiger partial charge on any atom is -0.355 e. The van der Waals surface area contributed by atoms with E-state index in [1.807, 2.05) is 78.9 Å². The summed E-state index contributed by atoms with van der Waals surface area (Å²) < 4.78 is 0. The van der Waals surface area contributed by atoms with Crippen LogP contribution in [0.3, 0.4) is 0 Å². The lowest BCUT2D eigenvalue weighted by molar-refractivity contribution is 0.270. The maximum Gasteiger partial charge on any atom is 0.233 e. The van der Waals surface area contributed by atoms with Crippen LogP contribution in [0.25, 0.3) is 10.9 Å². The van der Waals surface area contributed by atoms with E-state index in [4.69, 9.17) is 21.6 Å². The predicted octanol–water partition coefficient (Wildman–Crippen LogP) is 6.45. The highest BCUT2D eigenvalue weighted by Gasteiger charge is 2.20. The Kier molecular flexibility index (Phi) is 7.56. The van der Waals surface area contributed by atoms with E-state index < -0.39 is 0 Å². The van der Waals surface area contributed by atoms with Gasteiger partial charge in [0.25, 0.3) is 0 Å². The van der Waals surface area contributed by atoms with Gasteiger partial charge >= 0.3 is 0 Å². The summed E-state index contributed by atoms with van der Waals surface area (Å²) in [7, 11) is 0. The van der Waals surface area contributed by atoms with Crippen LogP contribution in [-0.4, -0.2) is 57.6 Å². The molecule has 0 amide bonds. The summed E-state index contributed by atoms with van der Waals surface area (Å²) in [4.78, 5) is 23.3. The molecule has 40 heavy (non-hydrogen) atoms. The number of aromatic nitrogens is 4. The number of halogens is 1. The standard InChI is InChI=1S/C30H30ClN9/c1-2-39-16-18-40(19-17-39)30-37-28(34-22-6-4-3-5-7-22)36-29(38-30)35-24-11-9-23(10-12-24)33-26-14-15-32-27-20-21(31)8-13-25(26)27/h3-15,20H,2,16-19H2,1H3,(H,32,33)(H2,34,35,36,37,38). The molecule has 3 N–H and O–H groups in total. The minimum absolute atomic E-state index is 0.485. The van der Waals surface area contributed by atoms with Crippen molar-refractivity contribution in [3.05, 3.63) is 90.1 Å². The van der Waals surface area contributed by atoms with Crippen LogP contribution in [0.5, 0.6) is 0 Å². The smallest absolute Gasteiger partial charge is 0.233 e. The largest absolute Gasteiger partial charge is 0.355 e. The second-order valence-corrected chi connectivity index (χ2v) is 9.98. The first-order valence-corrected chi connectivity index (χ1v) is 13.7. The lowest BCUT2D eigenvalue weighted by Crippen LogP contribution is -2.46. The van der Waals surface area contributed by atoms with Gasteiger partial charge in [0, 0.05) is 65.5 Å². The summed E-state index contributed by atoms with van der Waals surface area (Å²) in [5.41, 5.74) is 4.55. The molecule has 1 aliphatic rings. The Morgan fingerprint density at radius 3 is 2.05 bits per heavy atom. The average Bonchev–Trinajstić information content (AvgIpc) is 2.98. The molecule has 0 unspecified atom stereocenters. The zero-order valence-electron chi connectivity index (χ0n) is 22.2. The van der Waals surface area contributed by atoms with Gasteiger partial charge in [-0.1, -0.05) is 36.7 Å². The van der Waals surface area contributed by atoms with Crippen molar-refractivity contribution in [3.63, 3.8) is 0 Å². The van der Waals surface area contributed by atoms with Gasteiger partial charge in [-0.3, -0.25) is 4.98 Å². The summed E-state index contributed by atoms with van der Waals surface area (Å²) in [6.45, 7) is 6.96. The summed E-state index contributed by atoms with van der Waals surface area (Å²) in [6, 6.07) is 25.6. The highest BCUT2D eigenvalue weighted by molar-refractivity contribution is 6.31. The molecule has 0 bridgehead atoms. The van der Waals surface area contributed by atoms with Gasteiger partial charge in [0.05, 0.1) is 5.52 Å². The number of pyridine rings is 1. The van der Waals surface area contributed by atoms with Crippen LogP contribution in [0.4, 0.5) is 40.6 Å². The van der Waals surface area contributed by atoms with E-state index in [2.05, 4.69) is 42.6 Å². The van der Waals surface area contributed by atoms with E-state index in [0.717, 1.165) is 66.4 Å². The number of hydrogen-bond donors (Lipinski definition) is 3. The number of nitrogens with zero attached hydrogens (tertiary/aromatic N) is 6. The van der Waals surface area contributed by atoms with Crippen molar-refractivity contribution >= 4 is 63.1 Å². The molecule has 3 aromatic carbocycles. The van der Waals surface area contributed by atoms with Crippen LogP contribution in [0.2, 0.25) is 5.02 Å². The van der Waals surface area contributed by atoms with E-state index in [1.54, 1.807) is 6.20 Å². The van der Waals surface area contributed by atoms with Gasteiger partial charge in [-0.15, -0.1) is 0 Å². The Morgan fingerprint density at radius 1 is 0.725 bits per heavy atom. The van der Waals surface area contributed by atoms with Crippen molar-refractivity contribution in [3.8, 4) is 0 Å². The number of anilines is 7. The zero-order chi connectivity index (χ0) is 27.3. The monoisotopic (exact) mass is 551 g/mol. The molecule has 9 nitrogen and oxygen atoms in total. The van der Waals surface area contributed by atoms with Crippen molar-refractivity contribution in [1.29, 1.82) is 0 Å². The number of fused-ring (bicyclic) bond motifs is 1. The normalized spacial score (nSPS) is 13.8. The van der Waals surface area contributed by atoms with Crippen molar-refractivity contribution < 1.29 is 0 Å². The van der Waals surface area contributed by atoms with Crippen LogP contribution < -0.4 is 20.9 Å². The van der Waals surface area contributed by atoms with E-state index in [9.17, 15) is 0 Å². The second-order valence-electron chi connectivity index (χ2n) is 9.54. The van der Waals surface area contributed by atoms with E-state index in [0.29, 0.717) is 22.9 Å². The molecule has 10 heteroatoms. The Hall–Kier alpha value is -4.47. The van der Waals surface area contributed by atoms with Crippen molar-refractivity contribution in [2.75, 3.05) is 53.6 Å². The molecule has 0 radical (unpaired) electrons. The Labute approximate surface area is 238 Å². The van der Waals surface area contributed by atoms with E-state index in [-0.39, 0.29) is 0 Å². The summed E-state index contributed by atoms with van der Waals surface area (Å²) in [6.07, 6.45) is 1.78. The Balaban J connectivity index is 1.22. The van der Waals surface area contributed by atoms with Gasteiger partial charge in [-0.25, -0.2) is 0 Å². The molecule has 5 aromatic rings. The quantitative estimate of drug-likeness (QED) is 0.201. The molecule has 0 saturated carbocycles. The molecule has 0 aliphatic carbocycles. The number of rotatable bonds is 8.